The van der Waals surface area contributed by atoms with Gasteiger partial charge < -0.3 is 14.4 Å². The second-order valence-corrected chi connectivity index (χ2v) is 8.30. The molecule has 1 amide bonds. The molecule has 1 aliphatic carbocycles. The average Bonchev–Trinajstić information content (AvgIpc) is 3.38. The number of halogens is 3. The summed E-state index contributed by atoms with van der Waals surface area (Å²) in [7, 11) is 1.61. The summed E-state index contributed by atoms with van der Waals surface area (Å²) in [4.78, 5) is 14.3. The number of hydrogen-bond acceptors (Lipinski definition) is 3. The van der Waals surface area contributed by atoms with Crippen LogP contribution in [-0.2, 0) is 17.5 Å². The lowest BCUT2D eigenvalue weighted by molar-refractivity contribution is -0.137. The van der Waals surface area contributed by atoms with E-state index in [1.165, 1.54) is 25.0 Å². The van der Waals surface area contributed by atoms with E-state index < -0.39 is 11.7 Å². The Labute approximate surface area is 180 Å². The smallest absolute Gasteiger partial charge is 0.416 e. The first-order valence-corrected chi connectivity index (χ1v) is 10.6. The monoisotopic (exact) mass is 433 g/mol. The van der Waals surface area contributed by atoms with Gasteiger partial charge in [0.05, 0.1) is 18.8 Å². The van der Waals surface area contributed by atoms with Gasteiger partial charge in [-0.1, -0.05) is 18.2 Å². The van der Waals surface area contributed by atoms with Crippen molar-refractivity contribution in [2.24, 2.45) is 0 Å². The highest BCUT2D eigenvalue weighted by atomic mass is 19.4. The summed E-state index contributed by atoms with van der Waals surface area (Å²) in [5, 5.41) is 0. The van der Waals surface area contributed by atoms with Crippen LogP contribution in [0.15, 0.2) is 42.5 Å². The van der Waals surface area contributed by atoms with Crippen molar-refractivity contribution >= 4 is 5.91 Å². The lowest BCUT2D eigenvalue weighted by atomic mass is 9.98. The van der Waals surface area contributed by atoms with Gasteiger partial charge in [-0.2, -0.15) is 13.2 Å². The van der Waals surface area contributed by atoms with Crippen LogP contribution in [-0.4, -0.2) is 30.6 Å². The van der Waals surface area contributed by atoms with E-state index in [-0.39, 0.29) is 17.9 Å². The van der Waals surface area contributed by atoms with E-state index in [9.17, 15) is 18.0 Å². The Balaban J connectivity index is 1.45. The van der Waals surface area contributed by atoms with Crippen molar-refractivity contribution in [1.29, 1.82) is 0 Å². The molecule has 0 bridgehead atoms. The molecule has 0 radical (unpaired) electrons. The van der Waals surface area contributed by atoms with Crippen LogP contribution in [0, 0.1) is 0 Å². The van der Waals surface area contributed by atoms with Gasteiger partial charge in [-0.15, -0.1) is 0 Å². The van der Waals surface area contributed by atoms with Gasteiger partial charge in [-0.3, -0.25) is 4.79 Å². The molecule has 166 valence electrons. The number of rotatable bonds is 6. The Morgan fingerprint density at radius 3 is 2.39 bits per heavy atom. The van der Waals surface area contributed by atoms with Gasteiger partial charge in [0.1, 0.15) is 0 Å². The molecule has 2 fully saturated rings. The standard InChI is InChI=1S/C24H26F3NO3/c1-30-21-11-8-17(12-22(21)31-20-4-2-3-5-20)18-13-23(29)28(15-18)14-16-6-9-19(10-7-16)24(25,26)27/h6-12,18,20H,2-5,13-15H2,1H3/t18-/m1/s1. The van der Waals surface area contributed by atoms with Crippen LogP contribution < -0.4 is 9.47 Å². The summed E-state index contributed by atoms with van der Waals surface area (Å²) in [6.07, 6.45) is 0.624. The number of carbonyl (C=O) groups excluding carboxylic acids is 1. The maximum absolute atomic E-state index is 12.8. The number of nitrogens with zero attached hydrogens (tertiary/aromatic N) is 1. The molecule has 2 aromatic rings. The normalized spacial score (nSPS) is 19.8. The molecule has 1 saturated heterocycles. The molecule has 2 aromatic carbocycles. The molecule has 1 saturated carbocycles. The molecule has 7 heteroatoms. The zero-order valence-electron chi connectivity index (χ0n) is 17.5. The number of carbonyl (C=O) groups is 1. The van der Waals surface area contributed by atoms with Gasteiger partial charge in [-0.05, 0) is 61.1 Å². The van der Waals surface area contributed by atoms with E-state index in [1.54, 1.807) is 12.0 Å². The van der Waals surface area contributed by atoms with Crippen LogP contribution in [0.5, 0.6) is 11.5 Å². The van der Waals surface area contributed by atoms with Crippen molar-refractivity contribution in [2.45, 2.75) is 56.8 Å². The second-order valence-electron chi connectivity index (χ2n) is 8.30. The summed E-state index contributed by atoms with van der Waals surface area (Å²) in [6, 6.07) is 10.8. The zero-order valence-corrected chi connectivity index (χ0v) is 17.5. The number of alkyl halides is 3. The number of methoxy groups -OCH3 is 1. The van der Waals surface area contributed by atoms with Crippen molar-refractivity contribution in [3.63, 3.8) is 0 Å². The van der Waals surface area contributed by atoms with Crippen LogP contribution in [0.25, 0.3) is 0 Å². The molecule has 2 aliphatic rings. The molecule has 1 heterocycles. The molecule has 4 rings (SSSR count). The van der Waals surface area contributed by atoms with Crippen LogP contribution >= 0.6 is 0 Å². The fourth-order valence-electron chi connectivity index (χ4n) is 4.39. The van der Waals surface area contributed by atoms with Crippen molar-refractivity contribution in [3.05, 3.63) is 59.2 Å². The lowest BCUT2D eigenvalue weighted by Crippen LogP contribution is -2.24. The molecule has 1 aliphatic heterocycles. The maximum atomic E-state index is 12.8. The summed E-state index contributed by atoms with van der Waals surface area (Å²) >= 11 is 0. The molecule has 31 heavy (non-hydrogen) atoms. The van der Waals surface area contributed by atoms with E-state index in [0.29, 0.717) is 36.6 Å². The summed E-state index contributed by atoms with van der Waals surface area (Å²) in [5.74, 6) is 1.40. The van der Waals surface area contributed by atoms with Crippen LogP contribution in [0.4, 0.5) is 13.2 Å². The van der Waals surface area contributed by atoms with E-state index in [1.807, 2.05) is 18.2 Å². The van der Waals surface area contributed by atoms with Gasteiger partial charge in [-0.25, -0.2) is 0 Å². The first-order chi connectivity index (χ1) is 14.8. The summed E-state index contributed by atoms with van der Waals surface area (Å²) < 4.78 is 49.9. The van der Waals surface area contributed by atoms with Crippen molar-refractivity contribution in [3.8, 4) is 11.5 Å². The number of hydrogen-bond donors (Lipinski definition) is 0. The third-order valence-corrected chi connectivity index (χ3v) is 6.12. The third-order valence-electron chi connectivity index (χ3n) is 6.12. The van der Waals surface area contributed by atoms with E-state index >= 15 is 0 Å². The number of ether oxygens (including phenoxy) is 2. The highest BCUT2D eigenvalue weighted by molar-refractivity contribution is 5.79. The topological polar surface area (TPSA) is 38.8 Å². The maximum Gasteiger partial charge on any atom is 0.416 e. The number of benzene rings is 2. The second kappa shape index (κ2) is 8.81. The van der Waals surface area contributed by atoms with E-state index in [0.717, 1.165) is 30.5 Å². The predicted molar refractivity (Wildman–Crippen MR) is 110 cm³/mol. The molecule has 0 unspecified atom stereocenters. The highest BCUT2D eigenvalue weighted by Gasteiger charge is 2.32. The van der Waals surface area contributed by atoms with Crippen molar-refractivity contribution in [1.82, 2.24) is 4.90 Å². The average molecular weight is 433 g/mol. The summed E-state index contributed by atoms with van der Waals surface area (Å²) in [6.45, 7) is 0.824. The van der Waals surface area contributed by atoms with Crippen LogP contribution in [0.3, 0.4) is 0 Å². The third kappa shape index (κ3) is 4.97. The Morgan fingerprint density at radius 1 is 1.03 bits per heavy atom. The van der Waals surface area contributed by atoms with Crippen molar-refractivity contribution in [2.75, 3.05) is 13.7 Å². The van der Waals surface area contributed by atoms with Gasteiger partial charge in [0.25, 0.3) is 0 Å². The highest BCUT2D eigenvalue weighted by Crippen LogP contribution is 2.37. The van der Waals surface area contributed by atoms with Gasteiger partial charge in [0.15, 0.2) is 11.5 Å². The largest absolute Gasteiger partial charge is 0.493 e. The van der Waals surface area contributed by atoms with Crippen molar-refractivity contribution < 1.29 is 27.4 Å². The fraction of sp³-hybridized carbons (Fsp3) is 0.458. The van der Waals surface area contributed by atoms with Crippen LogP contribution in [0.1, 0.15) is 54.7 Å². The molecule has 0 N–H and O–H groups in total. The Bertz CT molecular complexity index is 921. The molecule has 0 aromatic heterocycles. The van der Waals surface area contributed by atoms with Gasteiger partial charge >= 0.3 is 6.18 Å². The SMILES string of the molecule is COc1ccc([C@@H]2CC(=O)N(Cc3ccc(C(F)(F)F)cc3)C2)cc1OC1CCCC1. The fourth-order valence-corrected chi connectivity index (χ4v) is 4.39. The Kier molecular flexibility index (Phi) is 6.12. The molecule has 4 nitrogen and oxygen atoms in total. The number of likely N-dealkylation sites (tertiary alicyclic amines) is 1. The first kappa shape index (κ1) is 21.5. The quantitative estimate of drug-likeness (QED) is 0.600. The minimum absolute atomic E-state index is 0.000947. The Morgan fingerprint density at radius 2 is 1.74 bits per heavy atom. The predicted octanol–water partition coefficient (Wildman–Crippen LogP) is 5.55. The van der Waals surface area contributed by atoms with E-state index in [4.69, 9.17) is 9.47 Å². The zero-order chi connectivity index (χ0) is 22.0. The van der Waals surface area contributed by atoms with Crippen LogP contribution in [0.2, 0.25) is 0 Å². The molecule has 0 spiro atoms. The molecular weight excluding hydrogens is 407 g/mol. The lowest BCUT2D eigenvalue weighted by Gasteiger charge is -2.19. The van der Waals surface area contributed by atoms with E-state index in [2.05, 4.69) is 0 Å². The van der Waals surface area contributed by atoms with Gasteiger partial charge in [0.2, 0.25) is 5.91 Å². The van der Waals surface area contributed by atoms with Gasteiger partial charge in [0, 0.05) is 25.4 Å². The summed E-state index contributed by atoms with van der Waals surface area (Å²) in [5.41, 5.74) is 1.01. The number of amides is 1. The minimum atomic E-state index is -4.36. The molecule has 1 atom stereocenters. The minimum Gasteiger partial charge on any atom is -0.493 e. The Hall–Kier alpha value is -2.70. The first-order valence-electron chi connectivity index (χ1n) is 10.6. The molecular formula is C24H26F3NO3.